The van der Waals surface area contributed by atoms with Crippen LogP contribution in [-0.2, 0) is 0 Å². The molecule has 1 aliphatic heterocycles. The summed E-state index contributed by atoms with van der Waals surface area (Å²) >= 11 is 0. The van der Waals surface area contributed by atoms with Crippen LogP contribution in [0.1, 0.15) is 0 Å². The van der Waals surface area contributed by atoms with Crippen molar-refractivity contribution in [1.29, 1.82) is 15.8 Å². The molecule has 0 atom stereocenters. The van der Waals surface area contributed by atoms with E-state index >= 15 is 0 Å². The van der Waals surface area contributed by atoms with Crippen LogP contribution in [0.5, 0.6) is 0 Å². The maximum Gasteiger partial charge on any atom is 0.201 e. The zero-order valence-corrected chi connectivity index (χ0v) is 6.02. The molecule has 0 aromatic heterocycles. The highest BCUT2D eigenvalue weighted by molar-refractivity contribution is 5.24. The minimum Gasteiger partial charge on any atom is -0.220 e. The Morgan fingerprint density at radius 2 is 2.08 bits per heavy atom. The zero-order valence-electron chi connectivity index (χ0n) is 6.02. The first-order chi connectivity index (χ1) is 5.80. The van der Waals surface area contributed by atoms with Crippen molar-refractivity contribution in [2.75, 3.05) is 6.54 Å². The second kappa shape index (κ2) is 3.25. The first-order valence-electron chi connectivity index (χ1n) is 3.03. The van der Waals surface area contributed by atoms with Crippen LogP contribution in [0.2, 0.25) is 0 Å². The highest BCUT2D eigenvalue weighted by atomic mass is 15.7. The van der Waals surface area contributed by atoms with E-state index in [2.05, 4.69) is 5.53 Å². The van der Waals surface area contributed by atoms with Crippen LogP contribution in [0.15, 0.2) is 11.8 Å². The highest BCUT2D eigenvalue weighted by Gasteiger charge is 2.14. The van der Waals surface area contributed by atoms with E-state index in [1.54, 1.807) is 12.4 Å². The van der Waals surface area contributed by atoms with E-state index in [0.717, 1.165) is 10.0 Å². The normalized spacial score (nSPS) is 15.6. The van der Waals surface area contributed by atoms with Gasteiger partial charge in [0.1, 0.15) is 0 Å². The molecule has 0 fully saturated rings. The van der Waals surface area contributed by atoms with Gasteiger partial charge in [0.2, 0.25) is 6.19 Å². The SMILES string of the molecule is N#CC1=CN(C#N)NN(C#N)C1. The zero-order chi connectivity index (χ0) is 8.97. The molecule has 6 nitrogen and oxygen atoms in total. The number of nitrogens with one attached hydrogen (secondary N) is 1. The molecule has 0 amide bonds. The summed E-state index contributed by atoms with van der Waals surface area (Å²) < 4.78 is 0. The van der Waals surface area contributed by atoms with Crippen LogP contribution in [-0.4, -0.2) is 16.6 Å². The molecule has 1 aliphatic rings. The molecule has 0 saturated heterocycles. The van der Waals surface area contributed by atoms with Crippen LogP contribution in [0.25, 0.3) is 0 Å². The largest absolute Gasteiger partial charge is 0.220 e. The van der Waals surface area contributed by atoms with E-state index in [9.17, 15) is 0 Å². The van der Waals surface area contributed by atoms with Crippen molar-refractivity contribution in [3.63, 3.8) is 0 Å². The topological polar surface area (TPSA) is 89.9 Å². The minimum absolute atomic E-state index is 0.186. The van der Waals surface area contributed by atoms with Crippen LogP contribution in [0.4, 0.5) is 0 Å². The van der Waals surface area contributed by atoms with E-state index in [0.29, 0.717) is 5.57 Å². The third-order valence-corrected chi connectivity index (χ3v) is 1.21. The summed E-state index contributed by atoms with van der Waals surface area (Å²) in [6.45, 7) is 0.186. The van der Waals surface area contributed by atoms with Crippen molar-refractivity contribution in [2.24, 2.45) is 0 Å². The summed E-state index contributed by atoms with van der Waals surface area (Å²) in [6, 6.07) is 1.87. The third kappa shape index (κ3) is 1.43. The van der Waals surface area contributed by atoms with Gasteiger partial charge in [-0.1, -0.05) is 0 Å². The molecular weight excluding hydrogens is 156 g/mol. The summed E-state index contributed by atoms with van der Waals surface area (Å²) in [6.07, 6.45) is 4.85. The predicted molar refractivity (Wildman–Crippen MR) is 36.6 cm³/mol. The number of nitrogens with zero attached hydrogens (tertiary/aromatic N) is 5. The number of hydrogen-bond donors (Lipinski definition) is 1. The summed E-state index contributed by atoms with van der Waals surface area (Å²) in [4.78, 5) is 0. The number of hydrazine groups is 2. The molecule has 0 aromatic rings. The van der Waals surface area contributed by atoms with Gasteiger partial charge in [-0.2, -0.15) is 20.8 Å². The van der Waals surface area contributed by atoms with E-state index < -0.39 is 0 Å². The fraction of sp³-hybridized carbons (Fsp3) is 0.167. The Kier molecular flexibility index (Phi) is 2.13. The lowest BCUT2D eigenvalue weighted by Gasteiger charge is -2.25. The fourth-order valence-electron chi connectivity index (χ4n) is 0.734. The van der Waals surface area contributed by atoms with Crippen LogP contribution in [0, 0.1) is 34.2 Å². The van der Waals surface area contributed by atoms with Gasteiger partial charge in [0, 0.05) is 0 Å². The lowest BCUT2D eigenvalue weighted by Crippen LogP contribution is -2.46. The lowest BCUT2D eigenvalue weighted by molar-refractivity contribution is 0.153. The molecule has 0 unspecified atom stereocenters. The average Bonchev–Trinajstić information content (AvgIpc) is 2.16. The monoisotopic (exact) mass is 160 g/mol. The Balaban J connectivity index is 2.82. The van der Waals surface area contributed by atoms with Gasteiger partial charge < -0.3 is 0 Å². The van der Waals surface area contributed by atoms with Crippen molar-refractivity contribution in [3.05, 3.63) is 11.8 Å². The van der Waals surface area contributed by atoms with Crippen LogP contribution < -0.4 is 5.53 Å². The van der Waals surface area contributed by atoms with Gasteiger partial charge in [0.15, 0.2) is 6.19 Å². The van der Waals surface area contributed by atoms with Gasteiger partial charge in [-0.15, -0.1) is 5.53 Å². The molecule has 0 radical (unpaired) electrons. The standard InChI is InChI=1S/C6H4N6/c7-1-6-2-11(4-8)10-12(3-6)5-9/h2,10H,3H2. The van der Waals surface area contributed by atoms with Crippen molar-refractivity contribution in [1.82, 2.24) is 15.6 Å². The molecule has 1 rings (SSSR count). The summed E-state index contributed by atoms with van der Waals surface area (Å²) in [7, 11) is 0. The van der Waals surface area contributed by atoms with Gasteiger partial charge in [-0.25, -0.2) is 5.01 Å². The molecule has 0 saturated carbocycles. The van der Waals surface area contributed by atoms with Gasteiger partial charge in [0.05, 0.1) is 24.4 Å². The maximum atomic E-state index is 8.50. The molecule has 0 bridgehead atoms. The first kappa shape index (κ1) is 7.87. The number of rotatable bonds is 0. The molecule has 1 heterocycles. The average molecular weight is 160 g/mol. The molecule has 12 heavy (non-hydrogen) atoms. The van der Waals surface area contributed by atoms with Gasteiger partial charge in [-0.3, -0.25) is 0 Å². The number of hydrogen-bond acceptors (Lipinski definition) is 6. The quantitative estimate of drug-likeness (QED) is 0.475. The van der Waals surface area contributed by atoms with Crippen LogP contribution in [0.3, 0.4) is 0 Å². The van der Waals surface area contributed by atoms with Gasteiger partial charge >= 0.3 is 0 Å². The Morgan fingerprint density at radius 1 is 1.33 bits per heavy atom. The van der Waals surface area contributed by atoms with E-state index in [1.165, 1.54) is 6.20 Å². The molecule has 0 aromatic carbocycles. The molecule has 1 N–H and O–H groups in total. The highest BCUT2D eigenvalue weighted by Crippen LogP contribution is 2.02. The third-order valence-electron chi connectivity index (χ3n) is 1.21. The Bertz CT molecular complexity index is 323. The summed E-state index contributed by atoms with van der Waals surface area (Å²) in [5, 5.41) is 27.5. The Labute approximate surface area is 69.1 Å². The smallest absolute Gasteiger partial charge is 0.201 e. The van der Waals surface area contributed by atoms with Crippen molar-refractivity contribution >= 4 is 0 Å². The van der Waals surface area contributed by atoms with E-state index in [4.69, 9.17) is 15.8 Å². The van der Waals surface area contributed by atoms with Crippen LogP contribution >= 0.6 is 0 Å². The fourth-order valence-corrected chi connectivity index (χ4v) is 0.734. The first-order valence-corrected chi connectivity index (χ1v) is 3.03. The minimum atomic E-state index is 0.186. The number of nitriles is 3. The summed E-state index contributed by atoms with van der Waals surface area (Å²) in [5.41, 5.74) is 2.79. The second-order valence-electron chi connectivity index (χ2n) is 2.02. The van der Waals surface area contributed by atoms with Gasteiger partial charge in [0.25, 0.3) is 0 Å². The molecule has 58 valence electrons. The Hall–Kier alpha value is -2.23. The van der Waals surface area contributed by atoms with E-state index in [-0.39, 0.29) is 6.54 Å². The molecule has 6 heteroatoms. The lowest BCUT2D eigenvalue weighted by atomic mass is 10.3. The van der Waals surface area contributed by atoms with Gasteiger partial charge in [-0.05, 0) is 0 Å². The summed E-state index contributed by atoms with van der Waals surface area (Å²) in [5.74, 6) is 0. The van der Waals surface area contributed by atoms with Crippen molar-refractivity contribution < 1.29 is 0 Å². The molecule has 0 aliphatic carbocycles. The predicted octanol–water partition coefficient (Wildman–Crippen LogP) is -0.607. The second-order valence-corrected chi connectivity index (χ2v) is 2.02. The Morgan fingerprint density at radius 3 is 2.58 bits per heavy atom. The molecule has 0 spiro atoms. The van der Waals surface area contributed by atoms with Crippen molar-refractivity contribution in [2.45, 2.75) is 0 Å². The van der Waals surface area contributed by atoms with Crippen molar-refractivity contribution in [3.8, 4) is 18.5 Å². The van der Waals surface area contributed by atoms with E-state index in [1.807, 2.05) is 6.07 Å². The molecular formula is C6H4N6. The maximum absolute atomic E-state index is 8.50.